The normalized spacial score (nSPS) is 11.4. The lowest BCUT2D eigenvalue weighted by molar-refractivity contribution is -0.123. The molecule has 32 heavy (non-hydrogen) atoms. The Hall–Kier alpha value is -3.66. The van der Waals surface area contributed by atoms with Crippen LogP contribution < -0.4 is 32.0 Å². The fourth-order valence-corrected chi connectivity index (χ4v) is 2.69. The highest BCUT2D eigenvalue weighted by Crippen LogP contribution is 2.27. The molecule has 6 N–H and O–H groups in total. The van der Waals surface area contributed by atoms with Gasteiger partial charge in [0.2, 0.25) is 5.95 Å². The van der Waals surface area contributed by atoms with Crippen LogP contribution in [0.2, 0.25) is 0 Å². The lowest BCUT2D eigenvalue weighted by atomic mass is 10.3. The Labute approximate surface area is 188 Å². The minimum absolute atomic E-state index is 0.0437. The van der Waals surface area contributed by atoms with E-state index in [0.717, 1.165) is 25.0 Å². The maximum atomic E-state index is 11.8. The van der Waals surface area contributed by atoms with Crippen molar-refractivity contribution < 1.29 is 9.53 Å². The molecule has 0 aliphatic carbocycles. The molecular formula is C22H32N8O2. The van der Waals surface area contributed by atoms with Crippen LogP contribution in [0.1, 0.15) is 33.1 Å². The number of hydrogen-bond acceptors (Lipinski definition) is 9. The minimum Gasteiger partial charge on any atom is -0.484 e. The van der Waals surface area contributed by atoms with Crippen molar-refractivity contribution in [3.63, 3.8) is 0 Å². The number of carbonyl (C=O) groups is 1. The summed E-state index contributed by atoms with van der Waals surface area (Å²) < 4.78 is 5.52. The second-order valence-corrected chi connectivity index (χ2v) is 6.91. The molecule has 0 saturated heterocycles. The molecule has 2 rings (SSSR count). The maximum absolute atomic E-state index is 11.8. The number of amides is 1. The highest BCUT2D eigenvalue weighted by Gasteiger charge is 2.13. The molecule has 1 amide bonds. The zero-order valence-electron chi connectivity index (χ0n) is 18.8. The fourth-order valence-electron chi connectivity index (χ4n) is 2.69. The summed E-state index contributed by atoms with van der Waals surface area (Å²) in [4.78, 5) is 24.4. The van der Waals surface area contributed by atoms with Gasteiger partial charge in [0.05, 0.1) is 23.3 Å². The van der Waals surface area contributed by atoms with Crippen LogP contribution in [0.25, 0.3) is 0 Å². The first-order valence-electron chi connectivity index (χ1n) is 10.5. The molecule has 0 fully saturated rings. The quantitative estimate of drug-likeness (QED) is 0.171. The van der Waals surface area contributed by atoms with Crippen LogP contribution in [0.4, 0.5) is 23.1 Å². The molecule has 0 bridgehead atoms. The summed E-state index contributed by atoms with van der Waals surface area (Å²) in [5.74, 6) is 7.36. The smallest absolute Gasteiger partial charge is 0.257 e. The van der Waals surface area contributed by atoms with Gasteiger partial charge in [-0.3, -0.25) is 14.8 Å². The first-order chi connectivity index (χ1) is 15.5. The van der Waals surface area contributed by atoms with Crippen LogP contribution in [0.15, 0.2) is 47.2 Å². The summed E-state index contributed by atoms with van der Waals surface area (Å²) in [6.45, 7) is 4.70. The summed E-state index contributed by atoms with van der Waals surface area (Å²) in [6.07, 6.45) is 7.94. The first kappa shape index (κ1) is 24.6. The summed E-state index contributed by atoms with van der Waals surface area (Å²) >= 11 is 0. The van der Waals surface area contributed by atoms with Gasteiger partial charge < -0.3 is 21.1 Å². The number of nitrogens with two attached hydrogens (primary N) is 2. The molecule has 1 heterocycles. The van der Waals surface area contributed by atoms with Crippen LogP contribution in [-0.4, -0.2) is 42.3 Å². The van der Waals surface area contributed by atoms with E-state index in [1.165, 1.54) is 11.2 Å². The number of nitrogens with zero attached hydrogens (tertiary/aromatic N) is 4. The highest BCUT2D eigenvalue weighted by molar-refractivity contribution is 5.82. The molecule has 10 nitrogen and oxygen atoms in total. The lowest BCUT2D eigenvalue weighted by Crippen LogP contribution is -2.29. The number of hydrazine groups is 1. The first-order valence-corrected chi connectivity index (χ1v) is 10.5. The van der Waals surface area contributed by atoms with Crippen molar-refractivity contribution >= 4 is 35.3 Å². The number of hydrogen-bond donors (Lipinski definition) is 4. The molecular weight excluding hydrogens is 408 g/mol. The number of anilines is 4. The number of nitrogen functional groups attached to an aromatic ring is 1. The monoisotopic (exact) mass is 440 g/mol. The van der Waals surface area contributed by atoms with Crippen molar-refractivity contribution in [3.05, 3.63) is 42.2 Å². The number of ether oxygens (including phenoxy) is 1. The number of nitrogens with one attached hydrogen (secondary N) is 2. The van der Waals surface area contributed by atoms with Crippen molar-refractivity contribution in [2.75, 3.05) is 36.3 Å². The van der Waals surface area contributed by atoms with E-state index in [9.17, 15) is 4.79 Å². The van der Waals surface area contributed by atoms with Crippen molar-refractivity contribution in [1.82, 2.24) is 15.3 Å². The number of unbranched alkanes of at least 4 members (excludes halogenated alkanes) is 1. The Morgan fingerprint density at radius 2 is 2.03 bits per heavy atom. The molecule has 10 heteroatoms. The van der Waals surface area contributed by atoms with Crippen molar-refractivity contribution in [1.29, 1.82) is 0 Å². The van der Waals surface area contributed by atoms with Gasteiger partial charge in [0.1, 0.15) is 5.75 Å². The largest absolute Gasteiger partial charge is 0.484 e. The van der Waals surface area contributed by atoms with Gasteiger partial charge in [-0.25, -0.2) is 10.8 Å². The summed E-state index contributed by atoms with van der Waals surface area (Å²) in [5, 5.41) is 7.27. The predicted octanol–water partition coefficient (Wildman–Crippen LogP) is 2.77. The van der Waals surface area contributed by atoms with Gasteiger partial charge >= 0.3 is 0 Å². The van der Waals surface area contributed by atoms with E-state index >= 15 is 0 Å². The molecule has 0 aliphatic rings. The standard InChI is InChI=1S/C22H32N8O2/c1-4-6-12-26-20(31)15-32-18-10-8-17(9-11-18)30(24)21-19(23)14-27-22(29-21)28-16(7-5-2)13-25-3/h7-11,13-14H,4-6,12,15,23-24H2,1-3H3,(H,26,31)(H,27,28,29)/b16-7+,25-13?. The Balaban J connectivity index is 2.06. The summed E-state index contributed by atoms with van der Waals surface area (Å²) in [7, 11) is 1.69. The van der Waals surface area contributed by atoms with E-state index in [-0.39, 0.29) is 12.5 Å². The van der Waals surface area contributed by atoms with Gasteiger partial charge in [0.15, 0.2) is 12.4 Å². The van der Waals surface area contributed by atoms with Crippen molar-refractivity contribution in [3.8, 4) is 5.75 Å². The zero-order valence-corrected chi connectivity index (χ0v) is 18.8. The van der Waals surface area contributed by atoms with Crippen LogP contribution in [0, 0.1) is 0 Å². The molecule has 0 aliphatic heterocycles. The van der Waals surface area contributed by atoms with Crippen LogP contribution >= 0.6 is 0 Å². The summed E-state index contributed by atoms with van der Waals surface area (Å²) in [5.41, 5.74) is 7.79. The topological polar surface area (TPSA) is 144 Å². The Kier molecular flexibility index (Phi) is 9.92. The predicted molar refractivity (Wildman–Crippen MR) is 129 cm³/mol. The van der Waals surface area contributed by atoms with E-state index in [1.807, 2.05) is 13.0 Å². The molecule has 0 atom stereocenters. The van der Waals surface area contributed by atoms with Gasteiger partial charge in [0, 0.05) is 19.8 Å². The SMILES string of the molecule is CC/C=C(\C=NC)Nc1ncc(N)c(N(N)c2ccc(OCC(=O)NCCCC)cc2)n1. The van der Waals surface area contributed by atoms with Crippen LogP contribution in [-0.2, 0) is 4.79 Å². The second kappa shape index (κ2) is 12.9. The maximum Gasteiger partial charge on any atom is 0.257 e. The van der Waals surface area contributed by atoms with E-state index in [2.05, 4.69) is 32.5 Å². The number of rotatable bonds is 12. The van der Waals surface area contributed by atoms with Crippen LogP contribution in [0.5, 0.6) is 5.75 Å². The minimum atomic E-state index is -0.152. The number of aliphatic imine (C=N–C) groups is 1. The molecule has 1 aromatic heterocycles. The molecule has 1 aromatic carbocycles. The second-order valence-electron chi connectivity index (χ2n) is 6.91. The summed E-state index contributed by atoms with van der Waals surface area (Å²) in [6, 6.07) is 6.96. The average molecular weight is 441 g/mol. The molecule has 0 unspecified atom stereocenters. The van der Waals surface area contributed by atoms with Crippen molar-refractivity contribution in [2.45, 2.75) is 33.1 Å². The average Bonchev–Trinajstić information content (AvgIpc) is 2.79. The Morgan fingerprint density at radius 3 is 2.69 bits per heavy atom. The third-order valence-electron chi connectivity index (χ3n) is 4.31. The number of allylic oxidation sites excluding steroid dienone is 2. The van der Waals surface area contributed by atoms with Gasteiger partial charge in [-0.15, -0.1) is 0 Å². The molecule has 0 radical (unpaired) electrons. The Bertz CT molecular complexity index is 928. The van der Waals surface area contributed by atoms with Gasteiger partial charge in [-0.05, 0) is 37.1 Å². The van der Waals surface area contributed by atoms with E-state index < -0.39 is 0 Å². The third kappa shape index (κ3) is 7.55. The number of carbonyl (C=O) groups excluding carboxylic acids is 1. The number of benzene rings is 1. The highest BCUT2D eigenvalue weighted by atomic mass is 16.5. The van der Waals surface area contributed by atoms with Crippen LogP contribution in [0.3, 0.4) is 0 Å². The third-order valence-corrected chi connectivity index (χ3v) is 4.31. The zero-order chi connectivity index (χ0) is 23.3. The fraction of sp³-hybridized carbons (Fsp3) is 0.364. The molecule has 172 valence electrons. The van der Waals surface area contributed by atoms with Gasteiger partial charge in [-0.2, -0.15) is 4.98 Å². The molecule has 0 saturated carbocycles. The van der Waals surface area contributed by atoms with E-state index in [0.29, 0.717) is 35.4 Å². The van der Waals surface area contributed by atoms with Gasteiger partial charge in [0.25, 0.3) is 5.91 Å². The molecule has 0 spiro atoms. The van der Waals surface area contributed by atoms with E-state index in [4.69, 9.17) is 16.3 Å². The van der Waals surface area contributed by atoms with Crippen molar-refractivity contribution in [2.24, 2.45) is 10.8 Å². The van der Waals surface area contributed by atoms with Gasteiger partial charge in [-0.1, -0.05) is 26.3 Å². The lowest BCUT2D eigenvalue weighted by Gasteiger charge is -2.20. The number of aromatic nitrogens is 2. The molecule has 2 aromatic rings. The van der Waals surface area contributed by atoms with E-state index in [1.54, 1.807) is 37.5 Å². The Morgan fingerprint density at radius 1 is 1.28 bits per heavy atom.